The number of methoxy groups -OCH3 is 1. The molecule has 6 nitrogen and oxygen atoms in total. The number of guanidine groups is 1. The fourth-order valence-electron chi connectivity index (χ4n) is 1.34. The lowest BCUT2D eigenvalue weighted by atomic mass is 10.3. The largest absolute Gasteiger partial charge is 0.495 e. The number of likely N-dealkylation sites (N-methyl/N-ethyl adjacent to an activating group) is 1. The topological polar surface area (TPSA) is 88.7 Å². The van der Waals surface area contributed by atoms with Crippen molar-refractivity contribution >= 4 is 17.6 Å². The first-order valence-corrected chi connectivity index (χ1v) is 5.64. The van der Waals surface area contributed by atoms with E-state index in [2.05, 4.69) is 15.6 Å². The second-order valence-electron chi connectivity index (χ2n) is 3.48. The summed E-state index contributed by atoms with van der Waals surface area (Å²) in [5, 5.41) is 5.51. The fraction of sp³-hybridized carbons (Fsp3) is 0.333. The molecule has 0 aliphatic carbocycles. The van der Waals surface area contributed by atoms with Gasteiger partial charge < -0.3 is 21.1 Å². The van der Waals surface area contributed by atoms with Crippen molar-refractivity contribution in [1.82, 2.24) is 5.32 Å². The van der Waals surface area contributed by atoms with Crippen LogP contribution in [0, 0.1) is 0 Å². The number of nitrogens with two attached hydrogens (primary N) is 1. The van der Waals surface area contributed by atoms with E-state index in [1.807, 2.05) is 25.1 Å². The Labute approximate surface area is 106 Å². The molecule has 4 N–H and O–H groups in total. The second kappa shape index (κ2) is 7.16. The minimum Gasteiger partial charge on any atom is -0.495 e. The molecule has 0 bridgehead atoms. The van der Waals surface area contributed by atoms with Gasteiger partial charge in [-0.2, -0.15) is 0 Å². The highest BCUT2D eigenvalue weighted by Gasteiger charge is 2.03. The molecule has 1 aromatic rings. The minimum absolute atomic E-state index is 0.00181. The van der Waals surface area contributed by atoms with Gasteiger partial charge in [0, 0.05) is 6.54 Å². The summed E-state index contributed by atoms with van der Waals surface area (Å²) in [6.45, 7) is 2.42. The number of benzene rings is 1. The average Bonchev–Trinajstić information content (AvgIpc) is 2.37. The first kappa shape index (κ1) is 13.8. The predicted molar refractivity (Wildman–Crippen MR) is 71.8 cm³/mol. The maximum atomic E-state index is 11.2. The van der Waals surface area contributed by atoms with Crippen molar-refractivity contribution in [1.29, 1.82) is 0 Å². The average molecular weight is 250 g/mol. The molecule has 0 radical (unpaired) electrons. The Bertz CT molecular complexity index is 432. The van der Waals surface area contributed by atoms with Crippen LogP contribution in [0.1, 0.15) is 6.92 Å². The monoisotopic (exact) mass is 250 g/mol. The quantitative estimate of drug-likeness (QED) is 0.526. The number of hydrogen-bond donors (Lipinski definition) is 3. The van der Waals surface area contributed by atoms with E-state index in [1.54, 1.807) is 13.2 Å². The third-order valence-corrected chi connectivity index (χ3v) is 2.14. The van der Waals surface area contributed by atoms with Crippen molar-refractivity contribution in [3.8, 4) is 5.75 Å². The van der Waals surface area contributed by atoms with E-state index in [4.69, 9.17) is 10.5 Å². The van der Waals surface area contributed by atoms with Gasteiger partial charge in [-0.05, 0) is 19.1 Å². The summed E-state index contributed by atoms with van der Waals surface area (Å²) < 4.78 is 5.16. The lowest BCUT2D eigenvalue weighted by Crippen LogP contribution is -2.29. The SMILES string of the molecule is CCNC(=O)CN=C(N)Nc1ccccc1OC. The van der Waals surface area contributed by atoms with E-state index < -0.39 is 0 Å². The van der Waals surface area contributed by atoms with E-state index in [0.29, 0.717) is 18.0 Å². The highest BCUT2D eigenvalue weighted by Crippen LogP contribution is 2.22. The zero-order valence-corrected chi connectivity index (χ0v) is 10.6. The number of nitrogens with one attached hydrogen (secondary N) is 2. The molecule has 0 spiro atoms. The third-order valence-electron chi connectivity index (χ3n) is 2.14. The van der Waals surface area contributed by atoms with Gasteiger partial charge in [-0.15, -0.1) is 0 Å². The van der Waals surface area contributed by atoms with E-state index in [0.717, 1.165) is 0 Å². The van der Waals surface area contributed by atoms with E-state index >= 15 is 0 Å². The van der Waals surface area contributed by atoms with Crippen LogP contribution in [0.4, 0.5) is 5.69 Å². The molecule has 0 saturated heterocycles. The predicted octanol–water partition coefficient (Wildman–Crippen LogP) is 0.558. The van der Waals surface area contributed by atoms with Crippen molar-refractivity contribution in [3.63, 3.8) is 0 Å². The van der Waals surface area contributed by atoms with Crippen molar-refractivity contribution in [2.24, 2.45) is 10.7 Å². The number of carbonyl (C=O) groups is 1. The first-order valence-electron chi connectivity index (χ1n) is 5.64. The molecule has 0 heterocycles. The van der Waals surface area contributed by atoms with Crippen LogP contribution in [-0.2, 0) is 4.79 Å². The molecule has 0 aliphatic rings. The van der Waals surface area contributed by atoms with Gasteiger partial charge in [0.2, 0.25) is 5.91 Å². The third kappa shape index (κ3) is 4.32. The van der Waals surface area contributed by atoms with E-state index in [-0.39, 0.29) is 18.4 Å². The summed E-state index contributed by atoms with van der Waals surface area (Å²) in [6.07, 6.45) is 0. The van der Waals surface area contributed by atoms with Crippen molar-refractivity contribution < 1.29 is 9.53 Å². The van der Waals surface area contributed by atoms with Gasteiger partial charge in [0.1, 0.15) is 12.3 Å². The summed E-state index contributed by atoms with van der Waals surface area (Å²) in [5.74, 6) is 0.668. The normalized spacial score (nSPS) is 10.9. The molecule has 1 aromatic carbocycles. The Hall–Kier alpha value is -2.24. The van der Waals surface area contributed by atoms with Crippen LogP contribution in [-0.4, -0.2) is 32.1 Å². The van der Waals surface area contributed by atoms with Crippen molar-refractivity contribution in [3.05, 3.63) is 24.3 Å². The van der Waals surface area contributed by atoms with E-state index in [9.17, 15) is 4.79 Å². The Morgan fingerprint density at radius 1 is 1.44 bits per heavy atom. The molecule has 98 valence electrons. The van der Waals surface area contributed by atoms with E-state index in [1.165, 1.54) is 0 Å². The van der Waals surface area contributed by atoms with Gasteiger partial charge in [-0.3, -0.25) is 4.79 Å². The van der Waals surface area contributed by atoms with Crippen LogP contribution in [0.2, 0.25) is 0 Å². The molecule has 0 aliphatic heterocycles. The van der Waals surface area contributed by atoms with Crippen LogP contribution in [0.5, 0.6) is 5.75 Å². The maximum absolute atomic E-state index is 11.2. The smallest absolute Gasteiger partial charge is 0.241 e. The summed E-state index contributed by atoms with van der Waals surface area (Å²) in [6, 6.07) is 7.32. The van der Waals surface area contributed by atoms with Crippen LogP contribution >= 0.6 is 0 Å². The minimum atomic E-state index is -0.165. The summed E-state index contributed by atoms with van der Waals surface area (Å²) in [5.41, 5.74) is 6.38. The molecule has 0 fully saturated rings. The number of carbonyl (C=O) groups excluding carboxylic acids is 1. The molecule has 18 heavy (non-hydrogen) atoms. The highest BCUT2D eigenvalue weighted by atomic mass is 16.5. The zero-order valence-electron chi connectivity index (χ0n) is 10.6. The number of amides is 1. The van der Waals surface area contributed by atoms with Gasteiger partial charge in [-0.1, -0.05) is 12.1 Å². The molecular weight excluding hydrogens is 232 g/mol. The van der Waals surface area contributed by atoms with Crippen LogP contribution < -0.4 is 21.1 Å². The van der Waals surface area contributed by atoms with Crippen molar-refractivity contribution in [2.45, 2.75) is 6.92 Å². The molecule has 0 atom stereocenters. The van der Waals surface area contributed by atoms with Crippen molar-refractivity contribution in [2.75, 3.05) is 25.5 Å². The molecule has 1 rings (SSSR count). The van der Waals surface area contributed by atoms with Gasteiger partial charge >= 0.3 is 0 Å². The Balaban J connectivity index is 2.60. The molecular formula is C12H18N4O2. The molecule has 0 saturated carbocycles. The van der Waals surface area contributed by atoms with Crippen LogP contribution in [0.25, 0.3) is 0 Å². The number of ether oxygens (including phenoxy) is 1. The van der Waals surface area contributed by atoms with Gasteiger partial charge in [0.05, 0.1) is 12.8 Å². The molecule has 0 aromatic heterocycles. The lowest BCUT2D eigenvalue weighted by Gasteiger charge is -2.09. The number of rotatable bonds is 5. The molecule has 6 heteroatoms. The van der Waals surface area contributed by atoms with Gasteiger partial charge in [-0.25, -0.2) is 4.99 Å². The van der Waals surface area contributed by atoms with Gasteiger partial charge in [0.15, 0.2) is 5.96 Å². The Morgan fingerprint density at radius 2 is 2.17 bits per heavy atom. The number of anilines is 1. The molecule has 1 amide bonds. The lowest BCUT2D eigenvalue weighted by molar-refractivity contribution is -0.119. The summed E-state index contributed by atoms with van der Waals surface area (Å²) in [7, 11) is 1.57. The number of hydrogen-bond acceptors (Lipinski definition) is 3. The first-order chi connectivity index (χ1) is 8.67. The van der Waals surface area contributed by atoms with Crippen LogP contribution in [0.15, 0.2) is 29.3 Å². The summed E-state index contributed by atoms with van der Waals surface area (Å²) >= 11 is 0. The standard InChI is InChI=1S/C12H18N4O2/c1-3-14-11(17)8-15-12(13)16-9-6-4-5-7-10(9)18-2/h4-7H,3,8H2,1-2H3,(H,14,17)(H3,13,15,16). The number of nitrogens with zero attached hydrogens (tertiary/aromatic N) is 1. The fourth-order valence-corrected chi connectivity index (χ4v) is 1.34. The Morgan fingerprint density at radius 3 is 2.83 bits per heavy atom. The highest BCUT2D eigenvalue weighted by molar-refractivity contribution is 5.95. The zero-order chi connectivity index (χ0) is 13.4. The summed E-state index contributed by atoms with van der Waals surface area (Å²) in [4.78, 5) is 15.1. The second-order valence-corrected chi connectivity index (χ2v) is 3.48. The van der Waals surface area contributed by atoms with Gasteiger partial charge in [0.25, 0.3) is 0 Å². The molecule has 0 unspecified atom stereocenters. The Kier molecular flexibility index (Phi) is 5.50. The maximum Gasteiger partial charge on any atom is 0.241 e. The van der Waals surface area contributed by atoms with Crippen LogP contribution in [0.3, 0.4) is 0 Å². The number of aliphatic imine (C=N–C) groups is 1. The number of para-hydroxylation sites is 2.